The molecule has 0 fully saturated rings. The van der Waals surface area contributed by atoms with E-state index < -0.39 is 0 Å². The monoisotopic (exact) mass is 431 g/mol. The predicted octanol–water partition coefficient (Wildman–Crippen LogP) is 6.17. The molecule has 0 unspecified atom stereocenters. The van der Waals surface area contributed by atoms with E-state index in [2.05, 4.69) is 20.5 Å². The third-order valence-electron chi connectivity index (χ3n) is 4.84. The summed E-state index contributed by atoms with van der Waals surface area (Å²) in [6, 6.07) is 16.6. The van der Waals surface area contributed by atoms with E-state index in [9.17, 15) is 4.79 Å². The number of pyridine rings is 1. The van der Waals surface area contributed by atoms with Gasteiger partial charge in [0, 0.05) is 11.1 Å². The average molecular weight is 432 g/mol. The van der Waals surface area contributed by atoms with Gasteiger partial charge in [-0.25, -0.2) is 4.98 Å². The first-order valence-electron chi connectivity index (χ1n) is 9.59. The van der Waals surface area contributed by atoms with Gasteiger partial charge in [-0.3, -0.25) is 4.79 Å². The van der Waals surface area contributed by atoms with Crippen molar-refractivity contribution in [2.24, 2.45) is 10.2 Å². The quantitative estimate of drug-likeness (QED) is 0.369. The summed E-state index contributed by atoms with van der Waals surface area (Å²) in [6.07, 6.45) is 0. The van der Waals surface area contributed by atoms with Crippen molar-refractivity contribution in [2.75, 3.05) is 18.2 Å². The zero-order valence-corrected chi connectivity index (χ0v) is 18.2. The van der Waals surface area contributed by atoms with E-state index in [1.807, 2.05) is 44.2 Å². The molecule has 0 aliphatic rings. The number of aromatic nitrogens is 1. The number of rotatable bonds is 5. The molecule has 3 N–H and O–H groups in total. The van der Waals surface area contributed by atoms with Crippen molar-refractivity contribution in [3.8, 4) is 5.75 Å². The minimum Gasteiger partial charge on any atom is -0.497 e. The van der Waals surface area contributed by atoms with E-state index in [1.54, 1.807) is 31.4 Å². The Kier molecular flexibility index (Phi) is 5.64. The van der Waals surface area contributed by atoms with Gasteiger partial charge in [-0.2, -0.15) is 5.11 Å². The van der Waals surface area contributed by atoms with Crippen LogP contribution in [0.25, 0.3) is 10.2 Å². The molecule has 156 valence electrons. The summed E-state index contributed by atoms with van der Waals surface area (Å²) in [5, 5.41) is 12.3. The standard InChI is InChI=1S/C23H21N5O2S/c1-13-18-19(24)21(22(29)26-15-9-11-17(30-3)12-10-15)31-23(18)25-14(2)20(13)28-27-16-7-5-4-6-8-16/h4-12H,24H2,1-3H3,(H,26,29). The molecule has 4 aromatic rings. The van der Waals surface area contributed by atoms with Crippen molar-refractivity contribution < 1.29 is 9.53 Å². The van der Waals surface area contributed by atoms with Crippen LogP contribution >= 0.6 is 11.3 Å². The van der Waals surface area contributed by atoms with Crippen LogP contribution < -0.4 is 15.8 Å². The highest BCUT2D eigenvalue weighted by atomic mass is 32.1. The molecule has 1 amide bonds. The lowest BCUT2D eigenvalue weighted by atomic mass is 10.1. The molecule has 0 aliphatic carbocycles. The number of nitrogen functional groups attached to an aromatic ring is 1. The second kappa shape index (κ2) is 8.53. The number of anilines is 2. The van der Waals surface area contributed by atoms with Gasteiger partial charge in [0.1, 0.15) is 21.1 Å². The fourth-order valence-electron chi connectivity index (χ4n) is 3.25. The molecule has 31 heavy (non-hydrogen) atoms. The summed E-state index contributed by atoms with van der Waals surface area (Å²) >= 11 is 1.27. The van der Waals surface area contributed by atoms with Crippen LogP contribution in [0.4, 0.5) is 22.7 Å². The maximum atomic E-state index is 12.9. The number of amides is 1. The van der Waals surface area contributed by atoms with E-state index in [1.165, 1.54) is 11.3 Å². The summed E-state index contributed by atoms with van der Waals surface area (Å²) in [6.45, 7) is 3.80. The lowest BCUT2D eigenvalue weighted by molar-refractivity contribution is 0.103. The number of hydrogen-bond donors (Lipinski definition) is 2. The molecule has 4 rings (SSSR count). The summed E-state index contributed by atoms with van der Waals surface area (Å²) in [4.78, 5) is 18.6. The van der Waals surface area contributed by atoms with Gasteiger partial charge in [0.15, 0.2) is 0 Å². The van der Waals surface area contributed by atoms with E-state index in [0.29, 0.717) is 32.5 Å². The molecular formula is C23H21N5O2S. The Morgan fingerprint density at radius 2 is 1.77 bits per heavy atom. The topological polar surface area (TPSA) is 102 Å². The van der Waals surface area contributed by atoms with Gasteiger partial charge in [-0.15, -0.1) is 16.5 Å². The van der Waals surface area contributed by atoms with Gasteiger partial charge in [-0.05, 0) is 55.8 Å². The van der Waals surface area contributed by atoms with Crippen molar-refractivity contribution in [2.45, 2.75) is 13.8 Å². The number of hydrogen-bond acceptors (Lipinski definition) is 7. The van der Waals surface area contributed by atoms with E-state index >= 15 is 0 Å². The van der Waals surface area contributed by atoms with Crippen molar-refractivity contribution in [3.63, 3.8) is 0 Å². The van der Waals surface area contributed by atoms with Crippen LogP contribution in [0.1, 0.15) is 20.9 Å². The normalized spacial score (nSPS) is 11.2. The number of nitrogens with zero attached hydrogens (tertiary/aromatic N) is 3. The lowest BCUT2D eigenvalue weighted by Gasteiger charge is -2.06. The SMILES string of the molecule is COc1ccc(NC(=O)c2sc3nc(C)c(N=Nc4ccccc4)c(C)c3c2N)cc1. The number of nitrogens with one attached hydrogen (secondary N) is 1. The molecule has 0 bridgehead atoms. The maximum Gasteiger partial charge on any atom is 0.267 e. The minimum absolute atomic E-state index is 0.282. The first-order chi connectivity index (χ1) is 15.0. The molecule has 2 heterocycles. The number of nitrogens with two attached hydrogens (primary N) is 1. The number of fused-ring (bicyclic) bond motifs is 1. The van der Waals surface area contributed by atoms with Gasteiger partial charge in [-0.1, -0.05) is 18.2 Å². The molecule has 0 atom stereocenters. The summed E-state index contributed by atoms with van der Waals surface area (Å²) < 4.78 is 5.15. The fourth-order valence-corrected chi connectivity index (χ4v) is 4.34. The molecule has 7 nitrogen and oxygen atoms in total. The molecule has 0 spiro atoms. The number of thiophene rings is 1. The average Bonchev–Trinajstić information content (AvgIpc) is 3.11. The van der Waals surface area contributed by atoms with Crippen LogP contribution in [0.15, 0.2) is 64.8 Å². The molecule has 2 aromatic heterocycles. The number of azo groups is 1. The Morgan fingerprint density at radius 3 is 2.45 bits per heavy atom. The van der Waals surface area contributed by atoms with Crippen LogP contribution in [0.2, 0.25) is 0 Å². The Bertz CT molecular complexity index is 1280. The van der Waals surface area contributed by atoms with E-state index in [4.69, 9.17) is 10.5 Å². The Labute approximate surface area is 183 Å². The summed E-state index contributed by atoms with van der Waals surface area (Å²) in [7, 11) is 1.59. The number of benzene rings is 2. The smallest absolute Gasteiger partial charge is 0.267 e. The van der Waals surface area contributed by atoms with Crippen LogP contribution in [-0.4, -0.2) is 18.0 Å². The van der Waals surface area contributed by atoms with Gasteiger partial charge in [0.2, 0.25) is 0 Å². The van der Waals surface area contributed by atoms with Crippen LogP contribution in [-0.2, 0) is 0 Å². The number of aryl methyl sites for hydroxylation is 2. The van der Waals surface area contributed by atoms with Crippen molar-refractivity contribution in [3.05, 3.63) is 70.7 Å². The lowest BCUT2D eigenvalue weighted by Crippen LogP contribution is -2.11. The molecule has 2 aromatic carbocycles. The molecule has 0 aliphatic heterocycles. The van der Waals surface area contributed by atoms with Crippen LogP contribution in [0, 0.1) is 13.8 Å². The zero-order valence-electron chi connectivity index (χ0n) is 17.3. The first-order valence-corrected chi connectivity index (χ1v) is 10.4. The maximum absolute atomic E-state index is 12.9. The van der Waals surface area contributed by atoms with Crippen LogP contribution in [0.3, 0.4) is 0 Å². The zero-order chi connectivity index (χ0) is 22.0. The minimum atomic E-state index is -0.282. The Hall–Kier alpha value is -3.78. The summed E-state index contributed by atoms with van der Waals surface area (Å²) in [5.41, 5.74) is 10.4. The van der Waals surface area contributed by atoms with Gasteiger partial charge in [0.25, 0.3) is 5.91 Å². The highest BCUT2D eigenvalue weighted by Crippen LogP contribution is 2.40. The number of carbonyl (C=O) groups excluding carboxylic acids is 1. The second-order valence-corrected chi connectivity index (χ2v) is 7.91. The third kappa shape index (κ3) is 4.10. The molecule has 0 radical (unpaired) electrons. The number of ether oxygens (including phenoxy) is 1. The highest BCUT2D eigenvalue weighted by Gasteiger charge is 2.21. The Balaban J connectivity index is 1.68. The highest BCUT2D eigenvalue weighted by molar-refractivity contribution is 7.21. The Morgan fingerprint density at radius 1 is 1.06 bits per heavy atom. The molecule has 8 heteroatoms. The molecule has 0 saturated heterocycles. The van der Waals surface area contributed by atoms with Gasteiger partial charge < -0.3 is 15.8 Å². The van der Waals surface area contributed by atoms with E-state index in [0.717, 1.165) is 22.3 Å². The summed E-state index contributed by atoms with van der Waals surface area (Å²) in [5.74, 6) is 0.432. The van der Waals surface area contributed by atoms with E-state index in [-0.39, 0.29) is 5.91 Å². The molecular weight excluding hydrogens is 410 g/mol. The molecule has 0 saturated carbocycles. The van der Waals surface area contributed by atoms with Gasteiger partial charge >= 0.3 is 0 Å². The van der Waals surface area contributed by atoms with Crippen molar-refractivity contribution in [1.29, 1.82) is 0 Å². The fraction of sp³-hybridized carbons (Fsp3) is 0.130. The first kappa shape index (κ1) is 20.5. The predicted molar refractivity (Wildman–Crippen MR) is 125 cm³/mol. The van der Waals surface area contributed by atoms with Crippen molar-refractivity contribution >= 4 is 50.2 Å². The largest absolute Gasteiger partial charge is 0.497 e. The third-order valence-corrected chi connectivity index (χ3v) is 5.94. The number of methoxy groups -OCH3 is 1. The number of carbonyl (C=O) groups is 1. The van der Waals surface area contributed by atoms with Gasteiger partial charge in [0.05, 0.1) is 24.2 Å². The second-order valence-electron chi connectivity index (χ2n) is 6.91. The van der Waals surface area contributed by atoms with Crippen LogP contribution in [0.5, 0.6) is 5.75 Å². The van der Waals surface area contributed by atoms with Crippen molar-refractivity contribution in [1.82, 2.24) is 4.98 Å².